The molecule has 0 atom stereocenters. The molecule has 0 aliphatic heterocycles. The van der Waals surface area contributed by atoms with Crippen molar-refractivity contribution in [2.45, 2.75) is 48.5 Å². The quantitative estimate of drug-likeness (QED) is 0.612. The van der Waals surface area contributed by atoms with Crippen LogP contribution in [-0.2, 0) is 23.9 Å². The molecule has 102 valence electrons. The first-order valence-corrected chi connectivity index (χ1v) is 4.93. The Bertz CT molecular complexity index is 191. The largest absolute Gasteiger partial charge is 0.469 e. The fourth-order valence-corrected chi connectivity index (χ4v) is 0. The van der Waals surface area contributed by atoms with Crippen molar-refractivity contribution in [3.8, 4) is 0 Å². The number of carbonyl (C=O) groups excluding carboxylic acids is 4. The van der Waals surface area contributed by atoms with Crippen LogP contribution in [0.2, 0.25) is 0 Å². The lowest BCUT2D eigenvalue weighted by Gasteiger charge is -1.80. The van der Waals surface area contributed by atoms with Crippen molar-refractivity contribution >= 4 is 23.3 Å². The van der Waals surface area contributed by atoms with Crippen molar-refractivity contribution in [1.82, 2.24) is 0 Å². The van der Waals surface area contributed by atoms with Crippen LogP contribution in [0.25, 0.3) is 0 Å². The topological polar surface area (TPSA) is 77.5 Å². The summed E-state index contributed by atoms with van der Waals surface area (Å²) in [6, 6.07) is 0. The van der Waals surface area contributed by atoms with E-state index in [2.05, 4.69) is 4.74 Å². The summed E-state index contributed by atoms with van der Waals surface area (Å²) in [4.78, 5) is 37.9. The number of ketones is 3. The van der Waals surface area contributed by atoms with Crippen molar-refractivity contribution in [1.29, 1.82) is 0 Å². The van der Waals surface area contributed by atoms with Crippen molar-refractivity contribution in [3.63, 3.8) is 0 Å². The molecule has 5 heteroatoms. The molecular weight excluding hydrogens is 224 g/mol. The van der Waals surface area contributed by atoms with Gasteiger partial charge in [0.15, 0.2) is 0 Å². The van der Waals surface area contributed by atoms with Crippen LogP contribution in [0.1, 0.15) is 48.5 Å². The fraction of sp³-hybridized carbons (Fsp3) is 0.667. The molecule has 0 rings (SSSR count). The third-order valence-electron chi connectivity index (χ3n) is 0.287. The fourth-order valence-electron chi connectivity index (χ4n) is 0. The molecule has 0 unspecified atom stereocenters. The number of Topliss-reactive ketones (excluding diaryl/α,β-unsaturated/α-hetero) is 3. The van der Waals surface area contributed by atoms with Gasteiger partial charge in [-0.3, -0.25) is 4.79 Å². The second kappa shape index (κ2) is 20.0. The molecule has 0 aromatic rings. The molecule has 0 amide bonds. The van der Waals surface area contributed by atoms with E-state index in [9.17, 15) is 19.2 Å². The predicted octanol–water partition coefficient (Wildman–Crippen LogP) is 1.97. The van der Waals surface area contributed by atoms with Gasteiger partial charge in [-0.05, 0) is 41.5 Å². The maximum absolute atomic E-state index is 9.59. The summed E-state index contributed by atoms with van der Waals surface area (Å²) in [5.74, 6) is 0.255. The minimum Gasteiger partial charge on any atom is -0.469 e. The zero-order valence-electron chi connectivity index (χ0n) is 12.0. The van der Waals surface area contributed by atoms with Gasteiger partial charge >= 0.3 is 5.97 Å². The Balaban J connectivity index is -0.0000000667. The lowest BCUT2D eigenvalue weighted by atomic mass is 10.6. The van der Waals surface area contributed by atoms with E-state index in [1.165, 1.54) is 55.6 Å². The van der Waals surface area contributed by atoms with E-state index in [4.69, 9.17) is 0 Å². The molecule has 0 aromatic heterocycles. The SMILES string of the molecule is CC(C)=O.CC(C)=O.CC(C)=O.COC(C)=O. The van der Waals surface area contributed by atoms with Crippen molar-refractivity contribution in [2.24, 2.45) is 0 Å². The van der Waals surface area contributed by atoms with E-state index in [0.717, 1.165) is 0 Å². The normalized spacial score (nSPS) is 6.59. The number of methoxy groups -OCH3 is 1. The highest BCUT2D eigenvalue weighted by Gasteiger charge is 1.75. The van der Waals surface area contributed by atoms with E-state index < -0.39 is 0 Å². The highest BCUT2D eigenvalue weighted by Crippen LogP contribution is 1.60. The number of hydrogen-bond donors (Lipinski definition) is 0. The summed E-state index contributed by atoms with van der Waals surface area (Å²) in [5.41, 5.74) is 0. The first-order chi connectivity index (χ1) is 7.47. The van der Waals surface area contributed by atoms with Gasteiger partial charge in [-0.15, -0.1) is 0 Å². The second-order valence-electron chi connectivity index (χ2n) is 3.42. The lowest BCUT2D eigenvalue weighted by Crippen LogP contribution is -1.88. The summed E-state index contributed by atoms with van der Waals surface area (Å²) < 4.78 is 4.11. The Hall–Kier alpha value is -1.52. The molecule has 0 N–H and O–H groups in total. The molecule has 0 radical (unpaired) electrons. The summed E-state index contributed by atoms with van der Waals surface area (Å²) >= 11 is 0. The van der Waals surface area contributed by atoms with Gasteiger partial charge in [0.05, 0.1) is 7.11 Å². The van der Waals surface area contributed by atoms with Crippen molar-refractivity contribution in [2.75, 3.05) is 7.11 Å². The van der Waals surface area contributed by atoms with E-state index >= 15 is 0 Å². The van der Waals surface area contributed by atoms with Gasteiger partial charge in [-0.1, -0.05) is 0 Å². The maximum atomic E-state index is 9.59. The Labute approximate surface area is 104 Å². The molecule has 5 nitrogen and oxygen atoms in total. The van der Waals surface area contributed by atoms with Crippen LogP contribution in [-0.4, -0.2) is 30.4 Å². The molecule has 0 aliphatic carbocycles. The molecule has 0 saturated heterocycles. The van der Waals surface area contributed by atoms with Gasteiger partial charge in [-0.2, -0.15) is 0 Å². The van der Waals surface area contributed by atoms with Crippen LogP contribution in [0.4, 0.5) is 0 Å². The smallest absolute Gasteiger partial charge is 0.302 e. The molecular formula is C12H24O5. The standard InChI is InChI=1S/C3H6O2.3C3H6O/c1-3(4)5-2;3*1-3(2)4/h1-2H3;3*1-2H3. The van der Waals surface area contributed by atoms with Gasteiger partial charge in [0.2, 0.25) is 0 Å². The van der Waals surface area contributed by atoms with Gasteiger partial charge in [0.1, 0.15) is 17.3 Å². The Morgan fingerprint density at radius 1 is 0.588 bits per heavy atom. The summed E-state index contributed by atoms with van der Waals surface area (Å²) in [6.07, 6.45) is 0. The second-order valence-corrected chi connectivity index (χ2v) is 3.42. The van der Waals surface area contributed by atoms with E-state index in [-0.39, 0.29) is 23.3 Å². The summed E-state index contributed by atoms with van der Waals surface area (Å²) in [7, 11) is 1.35. The first-order valence-electron chi connectivity index (χ1n) is 4.93. The predicted molar refractivity (Wildman–Crippen MR) is 66.8 cm³/mol. The molecule has 0 spiro atoms. The molecule has 0 bridgehead atoms. The van der Waals surface area contributed by atoms with Crippen LogP contribution in [0.15, 0.2) is 0 Å². The first kappa shape index (κ1) is 24.6. The Kier molecular flexibility index (Phi) is 28.9. The van der Waals surface area contributed by atoms with E-state index in [0.29, 0.717) is 0 Å². The summed E-state index contributed by atoms with van der Waals surface area (Å²) in [6.45, 7) is 10.5. The Morgan fingerprint density at radius 3 is 0.647 bits per heavy atom. The molecule has 0 heterocycles. The minimum absolute atomic E-state index is 0.167. The van der Waals surface area contributed by atoms with Crippen LogP contribution >= 0.6 is 0 Å². The van der Waals surface area contributed by atoms with Gasteiger partial charge in [-0.25, -0.2) is 0 Å². The minimum atomic E-state index is -0.245. The molecule has 17 heavy (non-hydrogen) atoms. The zero-order chi connectivity index (χ0) is 15.0. The number of esters is 1. The van der Waals surface area contributed by atoms with E-state index in [1.807, 2.05) is 0 Å². The van der Waals surface area contributed by atoms with Crippen LogP contribution < -0.4 is 0 Å². The Morgan fingerprint density at radius 2 is 0.647 bits per heavy atom. The number of ether oxygens (including phenoxy) is 1. The van der Waals surface area contributed by atoms with Crippen LogP contribution in [0.3, 0.4) is 0 Å². The molecule has 0 aromatic carbocycles. The van der Waals surface area contributed by atoms with Crippen molar-refractivity contribution < 1.29 is 23.9 Å². The number of rotatable bonds is 0. The zero-order valence-corrected chi connectivity index (χ0v) is 12.0. The molecule has 0 aliphatic rings. The average Bonchev–Trinajstić information content (AvgIpc) is 2.00. The van der Waals surface area contributed by atoms with Crippen LogP contribution in [0.5, 0.6) is 0 Å². The average molecular weight is 248 g/mol. The molecule has 0 saturated carbocycles. The maximum Gasteiger partial charge on any atom is 0.302 e. The van der Waals surface area contributed by atoms with Crippen LogP contribution in [0, 0.1) is 0 Å². The monoisotopic (exact) mass is 248 g/mol. The number of hydrogen-bond acceptors (Lipinski definition) is 5. The van der Waals surface area contributed by atoms with Gasteiger partial charge in [0.25, 0.3) is 0 Å². The third-order valence-corrected chi connectivity index (χ3v) is 0.287. The van der Waals surface area contributed by atoms with Gasteiger partial charge < -0.3 is 19.1 Å². The van der Waals surface area contributed by atoms with E-state index in [1.54, 1.807) is 0 Å². The molecule has 0 fully saturated rings. The number of carbonyl (C=O) groups is 4. The van der Waals surface area contributed by atoms with Gasteiger partial charge in [0, 0.05) is 6.92 Å². The summed E-state index contributed by atoms with van der Waals surface area (Å²) in [5, 5.41) is 0. The lowest BCUT2D eigenvalue weighted by molar-refractivity contribution is -0.138. The highest BCUT2D eigenvalue weighted by atomic mass is 16.5. The van der Waals surface area contributed by atoms with Crippen molar-refractivity contribution in [3.05, 3.63) is 0 Å². The third kappa shape index (κ3) is 9790. The highest BCUT2D eigenvalue weighted by molar-refractivity contribution is 5.72.